The van der Waals surface area contributed by atoms with Crippen LogP contribution in [0.4, 0.5) is 5.69 Å². The van der Waals surface area contributed by atoms with E-state index in [0.717, 1.165) is 5.56 Å². The summed E-state index contributed by atoms with van der Waals surface area (Å²) in [5, 5.41) is 13.3. The third-order valence-corrected chi connectivity index (χ3v) is 5.95. The van der Waals surface area contributed by atoms with Gasteiger partial charge in [-0.15, -0.1) is 12.6 Å². The molecule has 1 N–H and O–H groups in total. The Hall–Kier alpha value is -3.05. The van der Waals surface area contributed by atoms with Gasteiger partial charge in [0.2, 0.25) is 0 Å². The zero-order chi connectivity index (χ0) is 22.1. The molecule has 1 aliphatic heterocycles. The van der Waals surface area contributed by atoms with E-state index in [4.69, 9.17) is 32.4 Å². The lowest BCUT2D eigenvalue weighted by molar-refractivity contribution is -0.118. The predicted octanol–water partition coefficient (Wildman–Crippen LogP) is 5.56. The van der Waals surface area contributed by atoms with Crippen LogP contribution >= 0.6 is 35.8 Å². The number of furan rings is 1. The van der Waals surface area contributed by atoms with E-state index in [9.17, 15) is 10.1 Å². The Balaban J connectivity index is 1.77. The molecule has 0 radical (unpaired) electrons. The van der Waals surface area contributed by atoms with Gasteiger partial charge < -0.3 is 19.4 Å². The summed E-state index contributed by atoms with van der Waals surface area (Å²) in [5.41, 5.74) is 1.33. The van der Waals surface area contributed by atoms with Crippen LogP contribution in [0.1, 0.15) is 11.9 Å². The van der Waals surface area contributed by atoms with E-state index in [2.05, 4.69) is 17.9 Å². The Labute approximate surface area is 194 Å². The molecule has 0 fully saturated rings. The van der Waals surface area contributed by atoms with Crippen molar-refractivity contribution in [3.63, 3.8) is 0 Å². The lowest BCUT2D eigenvalue weighted by Crippen LogP contribution is -2.45. The quantitative estimate of drug-likeness (QED) is 0.486. The molecular weight excluding hydrogens is 457 g/mol. The lowest BCUT2D eigenvalue weighted by atomic mass is 10.1. The second kappa shape index (κ2) is 8.60. The van der Waals surface area contributed by atoms with Crippen LogP contribution in [-0.2, 0) is 4.79 Å². The fourth-order valence-corrected chi connectivity index (χ4v) is 3.90. The van der Waals surface area contributed by atoms with Crippen molar-refractivity contribution < 1.29 is 13.9 Å². The molecule has 4 rings (SSSR count). The molecule has 1 amide bonds. The molecule has 1 atom stereocenters. The van der Waals surface area contributed by atoms with Crippen molar-refractivity contribution >= 4 is 47.4 Å². The first-order chi connectivity index (χ1) is 14.9. The first kappa shape index (κ1) is 21.2. The van der Waals surface area contributed by atoms with Gasteiger partial charge in [-0.05, 0) is 54.6 Å². The number of methoxy groups -OCH3 is 1. The van der Waals surface area contributed by atoms with Crippen LogP contribution in [-0.4, -0.2) is 13.0 Å². The monoisotopic (exact) mass is 471 g/mol. The van der Waals surface area contributed by atoms with Crippen LogP contribution in [0.3, 0.4) is 0 Å². The summed E-state index contributed by atoms with van der Waals surface area (Å²) in [6, 6.07) is 17.8. The summed E-state index contributed by atoms with van der Waals surface area (Å²) in [6.45, 7) is 0. The van der Waals surface area contributed by atoms with E-state index in [-0.39, 0.29) is 10.6 Å². The van der Waals surface area contributed by atoms with Gasteiger partial charge in [0.05, 0.1) is 22.2 Å². The number of nitrogens with one attached hydrogen (secondary N) is 1. The average Bonchev–Trinajstić information content (AvgIpc) is 3.26. The fraction of sp³-hybridized carbons (Fsp3) is 0.0909. The van der Waals surface area contributed by atoms with Gasteiger partial charge in [-0.1, -0.05) is 23.2 Å². The molecule has 156 valence electrons. The standard InChI is InChI=1S/C22H15Cl2N3O3S/c1-29-14-5-3-13(4-6-14)27-20(26-21(28)15(11-25)22(27)31)19-9-8-18(30-19)12-2-7-16(23)17(24)10-12/h2-10,20,31H,1H3,(H,26,28). The zero-order valence-corrected chi connectivity index (χ0v) is 18.5. The maximum Gasteiger partial charge on any atom is 0.266 e. The van der Waals surface area contributed by atoms with Crippen LogP contribution in [0.25, 0.3) is 11.3 Å². The third kappa shape index (κ3) is 3.98. The van der Waals surface area contributed by atoms with Crippen molar-refractivity contribution in [2.75, 3.05) is 12.0 Å². The number of ether oxygens (including phenoxy) is 1. The fourth-order valence-electron chi connectivity index (χ4n) is 3.22. The summed E-state index contributed by atoms with van der Waals surface area (Å²) in [6.07, 6.45) is -0.720. The van der Waals surface area contributed by atoms with E-state index >= 15 is 0 Å². The van der Waals surface area contributed by atoms with Gasteiger partial charge in [0.15, 0.2) is 6.17 Å². The van der Waals surface area contributed by atoms with Crippen LogP contribution in [0.15, 0.2) is 69.6 Å². The first-order valence-electron chi connectivity index (χ1n) is 9.05. The van der Waals surface area contributed by atoms with Crippen molar-refractivity contribution in [2.45, 2.75) is 6.17 Å². The minimum atomic E-state index is -0.720. The van der Waals surface area contributed by atoms with Crippen molar-refractivity contribution in [3.05, 3.63) is 81.0 Å². The molecule has 0 aliphatic carbocycles. The van der Waals surface area contributed by atoms with Gasteiger partial charge in [0, 0.05) is 11.3 Å². The Morgan fingerprint density at radius 3 is 2.52 bits per heavy atom. The molecule has 0 bridgehead atoms. The number of rotatable bonds is 4. The topological polar surface area (TPSA) is 78.5 Å². The number of carbonyl (C=O) groups is 1. The number of nitrogens with zero attached hydrogens (tertiary/aromatic N) is 2. The number of benzene rings is 2. The molecule has 31 heavy (non-hydrogen) atoms. The Morgan fingerprint density at radius 2 is 1.87 bits per heavy atom. The van der Waals surface area contributed by atoms with Gasteiger partial charge in [0.25, 0.3) is 5.91 Å². The van der Waals surface area contributed by atoms with Gasteiger partial charge in [-0.3, -0.25) is 4.79 Å². The Morgan fingerprint density at radius 1 is 1.13 bits per heavy atom. The molecule has 2 aromatic carbocycles. The van der Waals surface area contributed by atoms with Crippen LogP contribution in [0, 0.1) is 11.3 Å². The summed E-state index contributed by atoms with van der Waals surface area (Å²) in [7, 11) is 1.57. The molecule has 9 heteroatoms. The smallest absolute Gasteiger partial charge is 0.266 e. The second-order valence-electron chi connectivity index (χ2n) is 6.59. The number of halogens is 2. The average molecular weight is 472 g/mol. The number of hydrogen-bond acceptors (Lipinski definition) is 6. The van der Waals surface area contributed by atoms with Gasteiger partial charge in [-0.2, -0.15) is 5.26 Å². The van der Waals surface area contributed by atoms with Gasteiger partial charge >= 0.3 is 0 Å². The highest BCUT2D eigenvalue weighted by Crippen LogP contribution is 2.38. The maximum absolute atomic E-state index is 12.5. The van der Waals surface area contributed by atoms with Crippen LogP contribution in [0.2, 0.25) is 10.0 Å². The van der Waals surface area contributed by atoms with Crippen molar-refractivity contribution in [1.29, 1.82) is 5.26 Å². The maximum atomic E-state index is 12.5. The molecule has 0 spiro atoms. The largest absolute Gasteiger partial charge is 0.497 e. The van der Waals surface area contributed by atoms with E-state index in [0.29, 0.717) is 33.0 Å². The van der Waals surface area contributed by atoms with Crippen LogP contribution < -0.4 is 15.0 Å². The molecular formula is C22H15Cl2N3O3S. The number of amides is 1. The normalized spacial score (nSPS) is 16.2. The summed E-state index contributed by atoms with van der Waals surface area (Å²) in [5.74, 6) is 1.14. The molecule has 1 unspecified atom stereocenters. The predicted molar refractivity (Wildman–Crippen MR) is 122 cm³/mol. The number of thiol groups is 1. The van der Waals surface area contributed by atoms with E-state index in [1.54, 1.807) is 66.6 Å². The Bertz CT molecular complexity index is 1230. The van der Waals surface area contributed by atoms with Gasteiger partial charge in [0.1, 0.15) is 28.9 Å². The number of hydrogen-bond donors (Lipinski definition) is 2. The minimum Gasteiger partial charge on any atom is -0.497 e. The lowest BCUT2D eigenvalue weighted by Gasteiger charge is -2.36. The molecule has 3 aromatic rings. The number of nitriles is 1. The highest BCUT2D eigenvalue weighted by molar-refractivity contribution is 7.84. The SMILES string of the molecule is COc1ccc(N2C(S)=C(C#N)C(=O)NC2c2ccc(-c3ccc(Cl)c(Cl)c3)o2)cc1. The van der Waals surface area contributed by atoms with E-state index in [1.165, 1.54) is 0 Å². The molecule has 6 nitrogen and oxygen atoms in total. The van der Waals surface area contributed by atoms with E-state index in [1.807, 2.05) is 6.07 Å². The third-order valence-electron chi connectivity index (χ3n) is 4.77. The minimum absolute atomic E-state index is 0.0911. The number of anilines is 1. The first-order valence-corrected chi connectivity index (χ1v) is 10.3. The Kier molecular flexibility index (Phi) is 5.88. The highest BCUT2D eigenvalue weighted by atomic mass is 35.5. The molecule has 0 saturated heterocycles. The van der Waals surface area contributed by atoms with Crippen molar-refractivity contribution in [1.82, 2.24) is 5.32 Å². The summed E-state index contributed by atoms with van der Waals surface area (Å²) < 4.78 is 11.3. The molecule has 1 aromatic heterocycles. The summed E-state index contributed by atoms with van der Waals surface area (Å²) >= 11 is 16.6. The van der Waals surface area contributed by atoms with Crippen molar-refractivity contribution in [3.8, 4) is 23.1 Å². The molecule has 1 aliphatic rings. The molecule has 2 heterocycles. The van der Waals surface area contributed by atoms with E-state index < -0.39 is 12.1 Å². The van der Waals surface area contributed by atoms with Crippen LogP contribution in [0.5, 0.6) is 5.75 Å². The van der Waals surface area contributed by atoms with Gasteiger partial charge in [-0.25, -0.2) is 0 Å². The highest BCUT2D eigenvalue weighted by Gasteiger charge is 2.35. The number of carbonyl (C=O) groups excluding carboxylic acids is 1. The zero-order valence-electron chi connectivity index (χ0n) is 16.1. The second-order valence-corrected chi connectivity index (χ2v) is 7.82. The van der Waals surface area contributed by atoms with Crippen molar-refractivity contribution in [2.24, 2.45) is 0 Å². The molecule has 0 saturated carbocycles. The summed E-state index contributed by atoms with van der Waals surface area (Å²) in [4.78, 5) is 14.2.